The molecule has 2 rings (SSSR count). The number of nitrogen functional groups attached to an aromatic ring is 1. The van der Waals surface area contributed by atoms with Gasteiger partial charge in [-0.1, -0.05) is 6.07 Å². The number of thiazole rings is 1. The zero-order valence-corrected chi connectivity index (χ0v) is 11.8. The number of aromatic nitrogens is 1. The highest BCUT2D eigenvalue weighted by Gasteiger charge is 2.16. The number of Topliss-reactive ketones (excluding diaryl/α,β-unsaturated/α-hetero) is 1. The average molecular weight is 291 g/mol. The molecule has 3 N–H and O–H groups in total. The van der Waals surface area contributed by atoms with Gasteiger partial charge in [0.15, 0.2) is 16.7 Å². The third-order valence-corrected chi connectivity index (χ3v) is 3.34. The summed E-state index contributed by atoms with van der Waals surface area (Å²) in [4.78, 5) is 27.3. The third-order valence-electron chi connectivity index (χ3n) is 2.58. The smallest absolute Gasteiger partial charge is 0.261 e. The van der Waals surface area contributed by atoms with Gasteiger partial charge >= 0.3 is 0 Å². The Hall–Kier alpha value is -2.41. The van der Waals surface area contributed by atoms with E-state index in [0.717, 1.165) is 0 Å². The predicted octanol–water partition coefficient (Wildman–Crippen LogP) is 2.19. The van der Waals surface area contributed by atoms with Crippen molar-refractivity contribution in [2.75, 3.05) is 18.2 Å². The molecular weight excluding hydrogens is 278 g/mol. The van der Waals surface area contributed by atoms with Crippen LogP contribution in [0.3, 0.4) is 0 Å². The van der Waals surface area contributed by atoms with E-state index < -0.39 is 5.91 Å². The number of carbonyl (C=O) groups excluding carboxylic acids is 2. The largest absolute Gasteiger partial charge is 0.494 e. The van der Waals surface area contributed by atoms with Crippen LogP contribution in [-0.4, -0.2) is 23.8 Å². The number of nitrogens with one attached hydrogen (secondary N) is 1. The molecule has 0 fully saturated rings. The number of ketones is 1. The maximum atomic E-state index is 12.2. The van der Waals surface area contributed by atoms with Crippen molar-refractivity contribution in [2.45, 2.75) is 6.92 Å². The molecule has 0 aliphatic rings. The van der Waals surface area contributed by atoms with E-state index in [1.165, 1.54) is 25.4 Å². The molecule has 0 aliphatic heterocycles. The summed E-state index contributed by atoms with van der Waals surface area (Å²) in [5.74, 6) is -0.227. The van der Waals surface area contributed by atoms with Crippen LogP contribution in [-0.2, 0) is 0 Å². The van der Waals surface area contributed by atoms with Gasteiger partial charge < -0.3 is 10.5 Å². The maximum Gasteiger partial charge on any atom is 0.261 e. The average Bonchev–Trinajstić information content (AvgIpc) is 2.87. The Morgan fingerprint density at radius 3 is 2.75 bits per heavy atom. The summed E-state index contributed by atoms with van der Waals surface area (Å²) in [5, 5.41) is 4.56. The Bertz CT molecular complexity index is 667. The minimum atomic E-state index is -0.390. The molecule has 104 valence electrons. The number of benzene rings is 1. The first-order chi connectivity index (χ1) is 9.52. The number of nitrogens with two attached hydrogens (primary N) is 1. The molecule has 1 aromatic heterocycles. The lowest BCUT2D eigenvalue weighted by Crippen LogP contribution is -2.14. The Kier molecular flexibility index (Phi) is 3.99. The highest BCUT2D eigenvalue weighted by Crippen LogP contribution is 2.27. The van der Waals surface area contributed by atoms with E-state index in [9.17, 15) is 9.59 Å². The fraction of sp³-hybridized carbons (Fsp3) is 0.154. The Morgan fingerprint density at radius 1 is 1.40 bits per heavy atom. The molecule has 7 heteroatoms. The molecule has 1 aromatic carbocycles. The summed E-state index contributed by atoms with van der Waals surface area (Å²) in [7, 11) is 1.44. The van der Waals surface area contributed by atoms with Crippen molar-refractivity contribution in [3.8, 4) is 5.75 Å². The van der Waals surface area contributed by atoms with E-state index in [1.807, 2.05) is 0 Å². The van der Waals surface area contributed by atoms with Gasteiger partial charge in [0, 0.05) is 12.3 Å². The Morgan fingerprint density at radius 2 is 2.15 bits per heavy atom. The van der Waals surface area contributed by atoms with Crippen LogP contribution in [0.25, 0.3) is 0 Å². The van der Waals surface area contributed by atoms with Crippen molar-refractivity contribution in [3.63, 3.8) is 0 Å². The number of amides is 1. The van der Waals surface area contributed by atoms with Crippen LogP contribution >= 0.6 is 11.3 Å². The van der Waals surface area contributed by atoms with Crippen molar-refractivity contribution in [2.24, 2.45) is 0 Å². The van der Waals surface area contributed by atoms with E-state index >= 15 is 0 Å². The molecule has 2 aromatic rings. The quantitative estimate of drug-likeness (QED) is 0.665. The SMILES string of the molecule is COc1c(N)cccc1C(=O)Nc1nc(C(C)=O)cs1. The van der Waals surface area contributed by atoms with Gasteiger partial charge in [-0.2, -0.15) is 0 Å². The van der Waals surface area contributed by atoms with E-state index in [4.69, 9.17) is 10.5 Å². The van der Waals surface area contributed by atoms with Crippen LogP contribution in [0.1, 0.15) is 27.8 Å². The van der Waals surface area contributed by atoms with Crippen molar-refractivity contribution in [3.05, 3.63) is 34.8 Å². The van der Waals surface area contributed by atoms with Gasteiger partial charge in [-0.15, -0.1) is 11.3 Å². The number of ether oxygens (including phenoxy) is 1. The van der Waals surface area contributed by atoms with Gasteiger partial charge in [0.1, 0.15) is 5.69 Å². The second-order valence-electron chi connectivity index (χ2n) is 3.98. The van der Waals surface area contributed by atoms with Crippen molar-refractivity contribution >= 4 is 33.8 Å². The molecule has 0 spiro atoms. The molecule has 0 radical (unpaired) electrons. The van der Waals surface area contributed by atoms with Crippen LogP contribution in [0, 0.1) is 0 Å². The minimum absolute atomic E-state index is 0.150. The van der Waals surface area contributed by atoms with E-state index in [-0.39, 0.29) is 5.78 Å². The number of nitrogens with zero attached hydrogens (tertiary/aromatic N) is 1. The first-order valence-electron chi connectivity index (χ1n) is 5.73. The highest BCUT2D eigenvalue weighted by molar-refractivity contribution is 7.14. The second kappa shape index (κ2) is 5.70. The molecule has 1 heterocycles. The summed E-state index contributed by atoms with van der Waals surface area (Å²) in [6.07, 6.45) is 0. The van der Waals surface area contributed by atoms with Crippen molar-refractivity contribution in [1.82, 2.24) is 4.98 Å². The number of hydrogen-bond acceptors (Lipinski definition) is 6. The fourth-order valence-electron chi connectivity index (χ4n) is 1.62. The van der Waals surface area contributed by atoms with Gasteiger partial charge in [0.25, 0.3) is 5.91 Å². The van der Waals surface area contributed by atoms with Crippen molar-refractivity contribution in [1.29, 1.82) is 0 Å². The first-order valence-corrected chi connectivity index (χ1v) is 6.61. The van der Waals surface area contributed by atoms with Gasteiger partial charge in [-0.05, 0) is 12.1 Å². The summed E-state index contributed by atoms with van der Waals surface area (Å²) in [6, 6.07) is 4.91. The number of carbonyl (C=O) groups is 2. The standard InChI is InChI=1S/C13H13N3O3S/c1-7(17)10-6-20-13(15-10)16-12(18)8-4-3-5-9(14)11(8)19-2/h3-6H,14H2,1-2H3,(H,15,16,18). The minimum Gasteiger partial charge on any atom is -0.494 e. The van der Waals surface area contributed by atoms with E-state index in [2.05, 4.69) is 10.3 Å². The Labute approximate surface area is 119 Å². The van der Waals surface area contributed by atoms with Gasteiger partial charge in [0.05, 0.1) is 18.4 Å². The lowest BCUT2D eigenvalue weighted by Gasteiger charge is -2.09. The molecule has 0 atom stereocenters. The molecular formula is C13H13N3O3S. The topological polar surface area (TPSA) is 94.3 Å². The summed E-state index contributed by atoms with van der Waals surface area (Å²) >= 11 is 1.18. The highest BCUT2D eigenvalue weighted by atomic mass is 32.1. The molecule has 0 aliphatic carbocycles. The third kappa shape index (κ3) is 2.77. The van der Waals surface area contributed by atoms with E-state index in [1.54, 1.807) is 23.6 Å². The van der Waals surface area contributed by atoms with Crippen molar-refractivity contribution < 1.29 is 14.3 Å². The van der Waals surface area contributed by atoms with Crippen LogP contribution in [0.4, 0.5) is 10.8 Å². The molecule has 0 saturated heterocycles. The summed E-state index contributed by atoms with van der Waals surface area (Å²) in [6.45, 7) is 1.42. The zero-order chi connectivity index (χ0) is 14.7. The lowest BCUT2D eigenvalue weighted by atomic mass is 10.1. The molecule has 20 heavy (non-hydrogen) atoms. The normalized spacial score (nSPS) is 10.1. The van der Waals surface area contributed by atoms with Gasteiger partial charge in [-0.3, -0.25) is 14.9 Å². The number of methoxy groups -OCH3 is 1. The maximum absolute atomic E-state index is 12.2. The zero-order valence-electron chi connectivity index (χ0n) is 11.0. The monoisotopic (exact) mass is 291 g/mol. The fourth-order valence-corrected chi connectivity index (χ4v) is 2.36. The molecule has 0 unspecified atom stereocenters. The molecule has 1 amide bonds. The first kappa shape index (κ1) is 14.0. The molecule has 6 nitrogen and oxygen atoms in total. The molecule has 0 saturated carbocycles. The number of para-hydroxylation sites is 1. The number of rotatable bonds is 4. The number of hydrogen-bond donors (Lipinski definition) is 2. The number of anilines is 2. The predicted molar refractivity (Wildman–Crippen MR) is 77.5 cm³/mol. The Balaban J connectivity index is 2.23. The van der Waals surface area contributed by atoms with Gasteiger partial charge in [0.2, 0.25) is 0 Å². The lowest BCUT2D eigenvalue weighted by molar-refractivity contribution is 0.100. The van der Waals surface area contributed by atoms with Crippen LogP contribution in [0.2, 0.25) is 0 Å². The van der Waals surface area contributed by atoms with Crippen LogP contribution in [0.15, 0.2) is 23.6 Å². The molecule has 0 bridgehead atoms. The van der Waals surface area contributed by atoms with Gasteiger partial charge in [-0.25, -0.2) is 4.98 Å². The second-order valence-corrected chi connectivity index (χ2v) is 4.83. The van der Waals surface area contributed by atoms with Crippen LogP contribution in [0.5, 0.6) is 5.75 Å². The summed E-state index contributed by atoms with van der Waals surface area (Å²) in [5.41, 5.74) is 6.76. The van der Waals surface area contributed by atoms with Crippen LogP contribution < -0.4 is 15.8 Å². The summed E-state index contributed by atoms with van der Waals surface area (Å²) < 4.78 is 5.12. The van der Waals surface area contributed by atoms with E-state index in [0.29, 0.717) is 27.8 Å².